The molecule has 1 unspecified atom stereocenters. The molecule has 3 nitrogen and oxygen atoms in total. The summed E-state index contributed by atoms with van der Waals surface area (Å²) in [4.78, 5) is 14.0. The van der Waals surface area contributed by atoms with Crippen LogP contribution in [0.5, 0.6) is 0 Å². The van der Waals surface area contributed by atoms with Crippen LogP contribution in [0.2, 0.25) is 0 Å². The van der Waals surface area contributed by atoms with Gasteiger partial charge in [0, 0.05) is 19.3 Å². The van der Waals surface area contributed by atoms with E-state index in [2.05, 4.69) is 26.0 Å². The minimum atomic E-state index is -0.524. The van der Waals surface area contributed by atoms with Crippen molar-refractivity contribution in [1.82, 2.24) is 0 Å². The lowest BCUT2D eigenvalue weighted by Crippen LogP contribution is -2.42. The van der Waals surface area contributed by atoms with E-state index >= 15 is 0 Å². The van der Waals surface area contributed by atoms with Crippen LogP contribution in [0.3, 0.4) is 0 Å². The molecule has 0 heterocycles. The number of hydrogen-bond acceptors (Lipinski definition) is 2. The number of rotatable bonds is 5. The van der Waals surface area contributed by atoms with Crippen molar-refractivity contribution in [3.63, 3.8) is 0 Å². The van der Waals surface area contributed by atoms with Crippen molar-refractivity contribution in [2.75, 3.05) is 18.5 Å². The summed E-state index contributed by atoms with van der Waals surface area (Å²) >= 11 is 0. The largest absolute Gasteiger partial charge is 0.329 e. The van der Waals surface area contributed by atoms with Gasteiger partial charge in [-0.1, -0.05) is 26.0 Å². The average Bonchev–Trinajstić information content (AvgIpc) is 2.44. The lowest BCUT2D eigenvalue weighted by atomic mass is 9.91. The molecule has 2 N–H and O–H groups in total. The van der Waals surface area contributed by atoms with Crippen LogP contribution >= 0.6 is 0 Å². The van der Waals surface area contributed by atoms with Gasteiger partial charge in [0.2, 0.25) is 5.91 Å². The van der Waals surface area contributed by atoms with Gasteiger partial charge in [0.15, 0.2) is 0 Å². The first-order valence-corrected chi connectivity index (χ1v) is 6.91. The lowest BCUT2D eigenvalue weighted by Gasteiger charge is -2.28. The maximum absolute atomic E-state index is 12.3. The van der Waals surface area contributed by atoms with Gasteiger partial charge >= 0.3 is 0 Å². The van der Waals surface area contributed by atoms with Crippen LogP contribution in [-0.2, 0) is 4.79 Å². The van der Waals surface area contributed by atoms with E-state index in [1.54, 1.807) is 11.9 Å². The van der Waals surface area contributed by atoms with Gasteiger partial charge in [-0.2, -0.15) is 0 Å². The fourth-order valence-electron chi connectivity index (χ4n) is 1.92. The minimum Gasteiger partial charge on any atom is -0.329 e. The Morgan fingerprint density at radius 2 is 1.84 bits per heavy atom. The van der Waals surface area contributed by atoms with Crippen molar-refractivity contribution in [3.8, 4) is 0 Å². The summed E-state index contributed by atoms with van der Waals surface area (Å²) in [5.41, 5.74) is 7.36. The second kappa shape index (κ2) is 6.20. The summed E-state index contributed by atoms with van der Waals surface area (Å²) in [6.07, 6.45) is 1.12. The highest BCUT2D eigenvalue weighted by Crippen LogP contribution is 2.25. The average molecular weight is 262 g/mol. The molecule has 1 aromatic carbocycles. The lowest BCUT2D eigenvalue weighted by molar-refractivity contribution is -0.125. The second-order valence-corrected chi connectivity index (χ2v) is 5.85. The zero-order valence-electron chi connectivity index (χ0n) is 12.7. The second-order valence-electron chi connectivity index (χ2n) is 5.85. The van der Waals surface area contributed by atoms with Gasteiger partial charge in [0.25, 0.3) is 0 Å². The van der Waals surface area contributed by atoms with Crippen molar-refractivity contribution in [2.24, 2.45) is 11.1 Å². The number of carbonyl (C=O) groups excluding carboxylic acids is 1. The molecule has 1 rings (SSSR count). The van der Waals surface area contributed by atoms with Crippen molar-refractivity contribution in [2.45, 2.75) is 40.0 Å². The third kappa shape index (κ3) is 3.57. The van der Waals surface area contributed by atoms with Gasteiger partial charge in [-0.05, 0) is 43.9 Å². The molecule has 0 saturated carbocycles. The summed E-state index contributed by atoms with van der Waals surface area (Å²) in [6.45, 7) is 8.49. The van der Waals surface area contributed by atoms with Gasteiger partial charge in [-0.25, -0.2) is 0 Å². The third-order valence-electron chi connectivity index (χ3n) is 3.86. The highest BCUT2D eigenvalue weighted by atomic mass is 16.2. The molecule has 0 saturated heterocycles. The van der Waals surface area contributed by atoms with Crippen molar-refractivity contribution in [3.05, 3.63) is 29.8 Å². The van der Waals surface area contributed by atoms with E-state index in [0.717, 1.165) is 12.1 Å². The Kier molecular flexibility index (Phi) is 5.12. The molecule has 0 aromatic heterocycles. The molecule has 0 radical (unpaired) electrons. The molecule has 106 valence electrons. The van der Waals surface area contributed by atoms with Gasteiger partial charge in [-0.15, -0.1) is 0 Å². The molecule has 0 fully saturated rings. The number of nitrogens with zero attached hydrogens (tertiary/aromatic N) is 1. The number of anilines is 1. The molecule has 0 aliphatic heterocycles. The molecule has 19 heavy (non-hydrogen) atoms. The third-order valence-corrected chi connectivity index (χ3v) is 3.86. The van der Waals surface area contributed by atoms with Crippen LogP contribution in [0.25, 0.3) is 0 Å². The van der Waals surface area contributed by atoms with E-state index in [1.165, 1.54) is 5.56 Å². The zero-order chi connectivity index (χ0) is 14.6. The summed E-state index contributed by atoms with van der Waals surface area (Å²) in [7, 11) is 1.80. The Bertz CT molecular complexity index is 423. The number of carbonyl (C=O) groups is 1. The highest BCUT2D eigenvalue weighted by Gasteiger charge is 2.29. The SMILES string of the molecule is CCC(C)c1ccc(N(C)C(=O)C(C)(C)CN)cc1. The maximum atomic E-state index is 12.3. The van der Waals surface area contributed by atoms with Gasteiger partial charge in [0.1, 0.15) is 0 Å². The molecular formula is C16H26N2O. The first-order chi connectivity index (χ1) is 8.83. The molecular weight excluding hydrogens is 236 g/mol. The van der Waals surface area contributed by atoms with Gasteiger partial charge in [0.05, 0.1) is 5.41 Å². The van der Waals surface area contributed by atoms with Crippen molar-refractivity contribution >= 4 is 11.6 Å². The van der Waals surface area contributed by atoms with E-state index in [1.807, 2.05) is 26.0 Å². The molecule has 0 spiro atoms. The Morgan fingerprint density at radius 1 is 1.32 bits per heavy atom. The van der Waals surface area contributed by atoms with Crippen LogP contribution in [-0.4, -0.2) is 19.5 Å². The number of amides is 1. The topological polar surface area (TPSA) is 46.3 Å². The van der Waals surface area contributed by atoms with Gasteiger partial charge in [-0.3, -0.25) is 4.79 Å². The van der Waals surface area contributed by atoms with Gasteiger partial charge < -0.3 is 10.6 Å². The fraction of sp³-hybridized carbons (Fsp3) is 0.562. The van der Waals surface area contributed by atoms with Crippen LogP contribution in [0, 0.1) is 5.41 Å². The Morgan fingerprint density at radius 3 is 2.26 bits per heavy atom. The molecule has 3 heteroatoms. The zero-order valence-corrected chi connectivity index (χ0v) is 12.7. The van der Waals surface area contributed by atoms with Crippen LogP contribution in [0.15, 0.2) is 24.3 Å². The Balaban J connectivity index is 2.89. The molecule has 1 atom stereocenters. The summed E-state index contributed by atoms with van der Waals surface area (Å²) in [6, 6.07) is 8.21. The Labute approximate surface area is 116 Å². The van der Waals surface area contributed by atoms with Crippen LogP contribution in [0.1, 0.15) is 45.6 Å². The summed E-state index contributed by atoms with van der Waals surface area (Å²) < 4.78 is 0. The maximum Gasteiger partial charge on any atom is 0.233 e. The van der Waals surface area contributed by atoms with Crippen molar-refractivity contribution in [1.29, 1.82) is 0 Å². The summed E-state index contributed by atoms with van der Waals surface area (Å²) in [5, 5.41) is 0. The standard InChI is InChI=1S/C16H26N2O/c1-6-12(2)13-7-9-14(10-8-13)18(5)15(19)16(3,4)11-17/h7-10,12H,6,11,17H2,1-5H3. The number of benzene rings is 1. The van der Waals surface area contributed by atoms with E-state index in [0.29, 0.717) is 12.5 Å². The van der Waals surface area contributed by atoms with E-state index < -0.39 is 5.41 Å². The van der Waals surface area contributed by atoms with Crippen LogP contribution < -0.4 is 10.6 Å². The van der Waals surface area contributed by atoms with Crippen molar-refractivity contribution < 1.29 is 4.79 Å². The molecule has 0 bridgehead atoms. The van der Waals surface area contributed by atoms with E-state index in [-0.39, 0.29) is 5.91 Å². The first-order valence-electron chi connectivity index (χ1n) is 6.91. The number of hydrogen-bond donors (Lipinski definition) is 1. The van der Waals surface area contributed by atoms with Crippen LogP contribution in [0.4, 0.5) is 5.69 Å². The minimum absolute atomic E-state index is 0.0475. The predicted octanol–water partition coefficient (Wildman–Crippen LogP) is 3.15. The number of nitrogens with two attached hydrogens (primary N) is 1. The highest BCUT2D eigenvalue weighted by molar-refractivity contribution is 5.96. The quantitative estimate of drug-likeness (QED) is 0.886. The monoisotopic (exact) mass is 262 g/mol. The normalized spacial score (nSPS) is 13.2. The summed E-state index contributed by atoms with van der Waals surface area (Å²) in [5.74, 6) is 0.599. The first kappa shape index (κ1) is 15.7. The molecule has 0 aliphatic carbocycles. The Hall–Kier alpha value is -1.35. The van der Waals surface area contributed by atoms with E-state index in [4.69, 9.17) is 5.73 Å². The molecule has 0 aliphatic rings. The smallest absolute Gasteiger partial charge is 0.233 e. The van der Waals surface area contributed by atoms with E-state index in [9.17, 15) is 4.79 Å². The fourth-order valence-corrected chi connectivity index (χ4v) is 1.92. The molecule has 1 aromatic rings. The predicted molar refractivity (Wildman–Crippen MR) is 81.4 cm³/mol. The molecule has 1 amide bonds.